The molecule has 20 heavy (non-hydrogen) atoms. The molecule has 1 aliphatic heterocycles. The van der Waals surface area contributed by atoms with Crippen LogP contribution in [0.25, 0.3) is 0 Å². The van der Waals surface area contributed by atoms with Gasteiger partial charge in [-0.25, -0.2) is 0 Å². The Bertz CT molecular complexity index is 413. The second-order valence-corrected chi connectivity index (χ2v) is 8.63. The minimum atomic E-state index is 0.372. The Labute approximate surface area is 126 Å². The summed E-state index contributed by atoms with van der Waals surface area (Å²) in [5.74, 6) is 3.45. The molecule has 0 aromatic carbocycles. The molecule has 0 unspecified atom stereocenters. The molecule has 0 spiro atoms. The van der Waals surface area contributed by atoms with Crippen LogP contribution in [0.4, 0.5) is 0 Å². The zero-order valence-corrected chi connectivity index (χ0v) is 14.0. The van der Waals surface area contributed by atoms with Crippen molar-refractivity contribution in [2.45, 2.75) is 51.7 Å². The maximum absolute atomic E-state index is 5.06. The van der Waals surface area contributed by atoms with Gasteiger partial charge in [0, 0.05) is 36.9 Å². The van der Waals surface area contributed by atoms with Gasteiger partial charge in [0.1, 0.15) is 0 Å². The lowest BCUT2D eigenvalue weighted by atomic mass is 9.94. The van der Waals surface area contributed by atoms with Crippen LogP contribution in [0.15, 0.2) is 4.52 Å². The van der Waals surface area contributed by atoms with E-state index in [9.17, 15) is 0 Å². The number of thioether (sulfide) groups is 1. The normalized spacial score (nSPS) is 21.3. The van der Waals surface area contributed by atoms with Crippen molar-refractivity contribution in [3.8, 4) is 0 Å². The van der Waals surface area contributed by atoms with Crippen molar-refractivity contribution in [1.29, 1.82) is 0 Å². The Balaban J connectivity index is 1.74. The summed E-state index contributed by atoms with van der Waals surface area (Å²) in [7, 11) is 0. The van der Waals surface area contributed by atoms with Gasteiger partial charge in [0.05, 0.1) is 0 Å². The van der Waals surface area contributed by atoms with Crippen LogP contribution in [0, 0.1) is 12.8 Å². The summed E-state index contributed by atoms with van der Waals surface area (Å²) in [6.07, 6.45) is 3.54. The molecule has 0 saturated carbocycles. The Morgan fingerprint density at radius 1 is 1.40 bits per heavy atom. The molecule has 5 heteroatoms. The summed E-state index contributed by atoms with van der Waals surface area (Å²) < 4.78 is 5.43. The van der Waals surface area contributed by atoms with Crippen molar-refractivity contribution in [1.82, 2.24) is 15.0 Å². The predicted octanol–water partition coefficient (Wildman–Crippen LogP) is 3.16. The quantitative estimate of drug-likeness (QED) is 0.835. The molecule has 1 saturated heterocycles. The summed E-state index contributed by atoms with van der Waals surface area (Å²) >= 11 is 2.05. The Morgan fingerprint density at radius 2 is 2.20 bits per heavy atom. The summed E-state index contributed by atoms with van der Waals surface area (Å²) in [5, 5.41) is 4.02. The van der Waals surface area contributed by atoms with Gasteiger partial charge in [-0.05, 0) is 25.3 Å². The molecule has 0 bridgehead atoms. The average Bonchev–Trinajstić information content (AvgIpc) is 2.73. The minimum Gasteiger partial charge on any atom is -0.340 e. The van der Waals surface area contributed by atoms with E-state index in [1.54, 1.807) is 0 Å². The van der Waals surface area contributed by atoms with Crippen molar-refractivity contribution >= 4 is 11.8 Å². The lowest BCUT2D eigenvalue weighted by Crippen LogP contribution is -2.38. The van der Waals surface area contributed by atoms with Crippen LogP contribution in [0.2, 0.25) is 0 Å². The van der Waals surface area contributed by atoms with Crippen molar-refractivity contribution in [2.75, 3.05) is 25.4 Å². The first kappa shape index (κ1) is 15.8. The zero-order valence-electron chi connectivity index (χ0n) is 13.2. The second kappa shape index (κ2) is 6.94. The van der Waals surface area contributed by atoms with Crippen molar-refractivity contribution in [3.63, 3.8) is 0 Å². The summed E-state index contributed by atoms with van der Waals surface area (Å²) in [5.41, 5.74) is 0. The van der Waals surface area contributed by atoms with Crippen LogP contribution in [-0.4, -0.2) is 45.2 Å². The van der Waals surface area contributed by atoms with E-state index in [0.29, 0.717) is 16.6 Å². The van der Waals surface area contributed by atoms with Gasteiger partial charge in [-0.2, -0.15) is 16.7 Å². The molecule has 1 aliphatic rings. The fraction of sp³-hybridized carbons (Fsp3) is 0.867. The van der Waals surface area contributed by atoms with Gasteiger partial charge < -0.3 is 9.42 Å². The number of likely N-dealkylation sites (tertiary alicyclic amines) is 1. The molecule has 2 rings (SSSR count). The van der Waals surface area contributed by atoms with Gasteiger partial charge in [0.15, 0.2) is 5.82 Å². The van der Waals surface area contributed by atoms with Gasteiger partial charge in [-0.3, -0.25) is 0 Å². The Morgan fingerprint density at radius 3 is 2.85 bits per heavy atom. The Hall–Kier alpha value is -0.550. The van der Waals surface area contributed by atoms with Gasteiger partial charge in [0.2, 0.25) is 5.89 Å². The van der Waals surface area contributed by atoms with E-state index in [-0.39, 0.29) is 0 Å². The van der Waals surface area contributed by atoms with Crippen LogP contribution in [0.5, 0.6) is 0 Å². The molecule has 0 amide bonds. The van der Waals surface area contributed by atoms with E-state index in [4.69, 9.17) is 4.52 Å². The molecule has 1 atom stereocenters. The lowest BCUT2D eigenvalue weighted by molar-refractivity contribution is 0.181. The average molecular weight is 297 g/mol. The number of aryl methyl sites for hydroxylation is 1. The number of rotatable bonds is 5. The first-order valence-corrected chi connectivity index (χ1v) is 8.56. The first-order chi connectivity index (χ1) is 9.42. The highest BCUT2D eigenvalue weighted by atomic mass is 32.2. The van der Waals surface area contributed by atoms with E-state index in [2.05, 4.69) is 47.6 Å². The molecule has 0 N–H and O–H groups in total. The van der Waals surface area contributed by atoms with Crippen LogP contribution >= 0.6 is 11.8 Å². The van der Waals surface area contributed by atoms with E-state index < -0.39 is 0 Å². The smallest absolute Gasteiger partial charge is 0.223 e. The van der Waals surface area contributed by atoms with Gasteiger partial charge in [-0.15, -0.1) is 0 Å². The maximum Gasteiger partial charge on any atom is 0.223 e. The van der Waals surface area contributed by atoms with Crippen molar-refractivity contribution in [3.05, 3.63) is 11.7 Å². The highest BCUT2D eigenvalue weighted by Gasteiger charge is 2.22. The number of hydrogen-bond donors (Lipinski definition) is 0. The minimum absolute atomic E-state index is 0.372. The molecular formula is C15H27N3OS. The topological polar surface area (TPSA) is 42.2 Å². The number of aromatic nitrogens is 2. The fourth-order valence-corrected chi connectivity index (χ4v) is 3.65. The molecule has 2 heterocycles. The molecule has 0 radical (unpaired) electrons. The third-order valence-corrected chi connectivity index (χ3v) is 4.84. The molecular weight excluding hydrogens is 270 g/mol. The second-order valence-electron chi connectivity index (χ2n) is 6.70. The third kappa shape index (κ3) is 5.44. The van der Waals surface area contributed by atoms with Gasteiger partial charge >= 0.3 is 0 Å². The van der Waals surface area contributed by atoms with Crippen LogP contribution < -0.4 is 0 Å². The molecule has 0 aliphatic carbocycles. The molecule has 114 valence electrons. The van der Waals surface area contributed by atoms with Gasteiger partial charge in [0.25, 0.3) is 0 Å². The number of hydrogen-bond acceptors (Lipinski definition) is 5. The monoisotopic (exact) mass is 297 g/mol. The summed E-state index contributed by atoms with van der Waals surface area (Å²) in [6, 6.07) is 0. The van der Waals surface area contributed by atoms with E-state index in [1.807, 2.05) is 6.92 Å². The maximum atomic E-state index is 5.06. The van der Waals surface area contributed by atoms with E-state index >= 15 is 0 Å². The van der Waals surface area contributed by atoms with Crippen LogP contribution in [0.3, 0.4) is 0 Å². The third-order valence-electron chi connectivity index (χ3n) is 3.59. The molecule has 1 aromatic rings. The first-order valence-electron chi connectivity index (χ1n) is 7.58. The van der Waals surface area contributed by atoms with Crippen molar-refractivity contribution < 1.29 is 4.52 Å². The van der Waals surface area contributed by atoms with E-state index in [1.165, 1.54) is 38.2 Å². The zero-order chi connectivity index (χ0) is 14.6. The van der Waals surface area contributed by atoms with Gasteiger partial charge in [-0.1, -0.05) is 25.9 Å². The number of nitrogens with zero attached hydrogens (tertiary/aromatic N) is 3. The predicted molar refractivity (Wildman–Crippen MR) is 84.1 cm³/mol. The summed E-state index contributed by atoms with van der Waals surface area (Å²) in [4.78, 5) is 6.92. The molecule has 1 aromatic heterocycles. The lowest BCUT2D eigenvalue weighted by Gasteiger charge is -2.32. The largest absolute Gasteiger partial charge is 0.340 e. The standard InChI is InChI=1S/C15H27N3OS/c1-12-16-14(17-19-12)10-13-6-5-7-18(11-13)8-9-20-15(2,3)4/h13H,5-11H2,1-4H3/t13-/m1/s1. The highest BCUT2D eigenvalue weighted by molar-refractivity contribution is 8.00. The highest BCUT2D eigenvalue weighted by Crippen LogP contribution is 2.24. The van der Waals surface area contributed by atoms with Crippen molar-refractivity contribution in [2.24, 2.45) is 5.92 Å². The molecule has 1 fully saturated rings. The van der Waals surface area contributed by atoms with Crippen LogP contribution in [0.1, 0.15) is 45.3 Å². The Kier molecular flexibility index (Phi) is 5.49. The summed E-state index contributed by atoms with van der Waals surface area (Å²) in [6.45, 7) is 12.3. The van der Waals surface area contributed by atoms with E-state index in [0.717, 1.165) is 12.2 Å². The number of piperidine rings is 1. The fourth-order valence-electron chi connectivity index (χ4n) is 2.68. The molecule has 4 nitrogen and oxygen atoms in total. The SMILES string of the molecule is Cc1nc(C[C@H]2CCCN(CCSC(C)(C)C)C2)no1. The van der Waals surface area contributed by atoms with Crippen LogP contribution in [-0.2, 0) is 6.42 Å².